The van der Waals surface area contributed by atoms with E-state index in [4.69, 9.17) is 0 Å². The van der Waals surface area contributed by atoms with Crippen LogP contribution in [0.25, 0.3) is 22.4 Å². The van der Waals surface area contributed by atoms with E-state index in [0.29, 0.717) is 5.69 Å². The van der Waals surface area contributed by atoms with Crippen molar-refractivity contribution in [1.82, 2.24) is 23.7 Å². The topological polar surface area (TPSA) is 104 Å². The first kappa shape index (κ1) is 18.8. The van der Waals surface area contributed by atoms with E-state index in [1.54, 1.807) is 23.5 Å². The van der Waals surface area contributed by atoms with Crippen LogP contribution in [-0.2, 0) is 25.4 Å². The Hall–Kier alpha value is -3.53. The van der Waals surface area contributed by atoms with Crippen LogP contribution in [0.3, 0.4) is 0 Å². The molecule has 0 aliphatic rings. The molecule has 3 aromatic heterocycles. The highest BCUT2D eigenvalue weighted by atomic mass is 32.1. The Balaban J connectivity index is 0.00000256. The maximum Gasteiger partial charge on any atom is 0.332 e. The Morgan fingerprint density at radius 2 is 1.90 bits per heavy atom. The molecule has 0 spiro atoms. The molecular weight excluding hydrogens is 392 g/mol. The van der Waals surface area contributed by atoms with Crippen molar-refractivity contribution in [3.05, 3.63) is 61.8 Å². The highest BCUT2D eigenvalue weighted by Gasteiger charge is 2.16. The van der Waals surface area contributed by atoms with Gasteiger partial charge in [-0.1, -0.05) is 12.1 Å². The van der Waals surface area contributed by atoms with Crippen LogP contribution in [0.15, 0.2) is 45.6 Å². The second-order valence-corrected chi connectivity index (χ2v) is 7.69. The summed E-state index contributed by atoms with van der Waals surface area (Å²) in [6, 6.07) is 7.39. The lowest BCUT2D eigenvalue weighted by atomic mass is 10.1. The van der Waals surface area contributed by atoms with Gasteiger partial charge in [0.25, 0.3) is 5.56 Å². The number of amides is 1. The van der Waals surface area contributed by atoms with Crippen molar-refractivity contribution >= 4 is 34.1 Å². The van der Waals surface area contributed by atoms with Gasteiger partial charge in [0, 0.05) is 32.2 Å². The van der Waals surface area contributed by atoms with Crippen LogP contribution in [0.1, 0.15) is 6.43 Å². The SMILES string of the molecule is Cc1nc(-c2ccc(NC(=O)Cn3cnc4c3c(=O)n(C)c(=O)n4C)cc2)cs1.[HH]. The van der Waals surface area contributed by atoms with Crippen LogP contribution >= 0.6 is 11.3 Å². The molecule has 0 fully saturated rings. The van der Waals surface area contributed by atoms with Crippen molar-refractivity contribution in [2.45, 2.75) is 13.5 Å². The molecule has 1 amide bonds. The maximum atomic E-state index is 12.5. The molecule has 0 unspecified atom stereocenters. The Morgan fingerprint density at radius 1 is 1.17 bits per heavy atom. The van der Waals surface area contributed by atoms with Crippen LogP contribution < -0.4 is 16.6 Å². The second-order valence-electron chi connectivity index (χ2n) is 6.63. The largest absolute Gasteiger partial charge is 0.332 e. The quantitative estimate of drug-likeness (QED) is 0.550. The zero-order valence-electron chi connectivity index (χ0n) is 16.0. The Labute approximate surface area is 170 Å². The smallest absolute Gasteiger partial charge is 0.325 e. The van der Waals surface area contributed by atoms with Gasteiger partial charge in [0.15, 0.2) is 11.2 Å². The normalized spacial score (nSPS) is 11.1. The summed E-state index contributed by atoms with van der Waals surface area (Å²) in [5.74, 6) is -0.308. The van der Waals surface area contributed by atoms with Gasteiger partial charge in [-0.25, -0.2) is 14.8 Å². The van der Waals surface area contributed by atoms with Crippen molar-refractivity contribution < 1.29 is 6.22 Å². The molecular formula is C19H20N6O3S. The lowest BCUT2D eigenvalue weighted by Crippen LogP contribution is -2.37. The highest BCUT2D eigenvalue weighted by Crippen LogP contribution is 2.23. The van der Waals surface area contributed by atoms with Gasteiger partial charge in [0.2, 0.25) is 5.91 Å². The number of aryl methyl sites for hydroxylation is 2. The van der Waals surface area contributed by atoms with E-state index in [0.717, 1.165) is 20.8 Å². The van der Waals surface area contributed by atoms with Gasteiger partial charge in [-0.2, -0.15) is 0 Å². The van der Waals surface area contributed by atoms with E-state index in [1.807, 2.05) is 24.4 Å². The molecule has 0 saturated heterocycles. The molecule has 0 bridgehead atoms. The number of hydrogen-bond acceptors (Lipinski definition) is 6. The third-order valence-corrected chi connectivity index (χ3v) is 5.39. The number of thiazole rings is 1. The first-order valence-electron chi connectivity index (χ1n) is 8.78. The molecule has 0 saturated carbocycles. The summed E-state index contributed by atoms with van der Waals surface area (Å²) in [5, 5.41) is 5.79. The molecule has 1 aromatic carbocycles. The van der Waals surface area contributed by atoms with Crippen molar-refractivity contribution in [2.24, 2.45) is 14.1 Å². The lowest BCUT2D eigenvalue weighted by Gasteiger charge is -2.08. The molecule has 150 valence electrons. The van der Waals surface area contributed by atoms with Gasteiger partial charge >= 0.3 is 5.69 Å². The Bertz CT molecular complexity index is 1350. The molecule has 1 N–H and O–H groups in total. The van der Waals surface area contributed by atoms with Crippen molar-refractivity contribution in [3.8, 4) is 11.3 Å². The van der Waals surface area contributed by atoms with Crippen molar-refractivity contribution in [1.29, 1.82) is 0 Å². The van der Waals surface area contributed by atoms with Gasteiger partial charge in [-0.15, -0.1) is 11.3 Å². The fraction of sp³-hybridized carbons (Fsp3) is 0.211. The third-order valence-electron chi connectivity index (χ3n) is 4.61. The summed E-state index contributed by atoms with van der Waals surface area (Å²) < 4.78 is 3.72. The number of fused-ring (bicyclic) bond motifs is 1. The van der Waals surface area contributed by atoms with E-state index < -0.39 is 11.2 Å². The highest BCUT2D eigenvalue weighted by molar-refractivity contribution is 7.09. The molecule has 10 heteroatoms. The number of imidazole rings is 1. The molecule has 3 heterocycles. The fourth-order valence-electron chi connectivity index (χ4n) is 3.09. The number of anilines is 1. The third kappa shape index (κ3) is 3.38. The van der Waals surface area contributed by atoms with Crippen LogP contribution in [0.4, 0.5) is 5.69 Å². The predicted molar refractivity (Wildman–Crippen MR) is 113 cm³/mol. The zero-order chi connectivity index (χ0) is 20.7. The molecule has 0 atom stereocenters. The predicted octanol–water partition coefficient (Wildman–Crippen LogP) is 1.75. The van der Waals surface area contributed by atoms with E-state index in [-0.39, 0.29) is 25.0 Å². The molecule has 0 aliphatic carbocycles. The van der Waals surface area contributed by atoms with Crippen LogP contribution in [-0.4, -0.2) is 29.6 Å². The number of carbonyl (C=O) groups is 1. The number of rotatable bonds is 4. The lowest BCUT2D eigenvalue weighted by molar-refractivity contribution is -0.116. The van der Waals surface area contributed by atoms with Gasteiger partial charge < -0.3 is 9.88 Å². The number of nitrogens with zero attached hydrogens (tertiary/aromatic N) is 5. The molecule has 9 nitrogen and oxygen atoms in total. The van der Waals surface area contributed by atoms with Gasteiger partial charge in [-0.05, 0) is 19.1 Å². The van der Waals surface area contributed by atoms with Crippen LogP contribution in [0.2, 0.25) is 0 Å². The average Bonchev–Trinajstić information content (AvgIpc) is 3.32. The maximum absolute atomic E-state index is 12.5. The number of aromatic nitrogens is 5. The minimum Gasteiger partial charge on any atom is -0.325 e. The number of hydrogen-bond donors (Lipinski definition) is 1. The molecule has 4 rings (SSSR count). The van der Waals surface area contributed by atoms with Crippen molar-refractivity contribution in [3.63, 3.8) is 0 Å². The van der Waals surface area contributed by atoms with Gasteiger partial charge in [0.1, 0.15) is 6.54 Å². The van der Waals surface area contributed by atoms with E-state index in [2.05, 4.69) is 15.3 Å². The summed E-state index contributed by atoms with van der Waals surface area (Å²) in [4.78, 5) is 45.5. The summed E-state index contributed by atoms with van der Waals surface area (Å²) in [6.45, 7) is 1.85. The molecule has 0 radical (unpaired) electrons. The second kappa shape index (κ2) is 7.13. The fourth-order valence-corrected chi connectivity index (χ4v) is 3.71. The van der Waals surface area contributed by atoms with Gasteiger partial charge in [0.05, 0.1) is 17.0 Å². The average molecular weight is 412 g/mol. The molecule has 4 aromatic rings. The van der Waals surface area contributed by atoms with Crippen LogP contribution in [0, 0.1) is 6.92 Å². The first-order valence-corrected chi connectivity index (χ1v) is 9.66. The minimum absolute atomic E-state index is 0. The first-order chi connectivity index (χ1) is 13.8. The molecule has 0 aliphatic heterocycles. The van der Waals surface area contributed by atoms with Gasteiger partial charge in [-0.3, -0.25) is 18.7 Å². The van der Waals surface area contributed by atoms with E-state index in [1.165, 1.54) is 29.6 Å². The molecule has 29 heavy (non-hydrogen) atoms. The Morgan fingerprint density at radius 3 is 2.55 bits per heavy atom. The summed E-state index contributed by atoms with van der Waals surface area (Å²) in [7, 11) is 2.93. The number of benzene rings is 1. The number of carbonyl (C=O) groups excluding carboxylic acids is 1. The van der Waals surface area contributed by atoms with E-state index >= 15 is 0 Å². The summed E-state index contributed by atoms with van der Waals surface area (Å²) >= 11 is 1.58. The standard InChI is InChI=1S/C19H18N6O3S.H2/c1-11-21-14(9-29-11)12-4-6-13(7-5-12)22-15(26)8-25-10-20-17-16(25)18(27)24(3)19(28)23(17)2;/h4-7,9-10H,8H2,1-3H3,(H,22,26);1H. The monoisotopic (exact) mass is 412 g/mol. The minimum atomic E-state index is -0.490. The summed E-state index contributed by atoms with van der Waals surface area (Å²) in [5.41, 5.74) is 2.00. The van der Waals surface area contributed by atoms with Crippen molar-refractivity contribution in [2.75, 3.05) is 5.32 Å². The Kier molecular flexibility index (Phi) is 4.63. The number of nitrogens with one attached hydrogen (secondary N) is 1. The zero-order valence-corrected chi connectivity index (χ0v) is 16.9. The van der Waals surface area contributed by atoms with E-state index in [9.17, 15) is 14.4 Å². The van der Waals surface area contributed by atoms with Crippen LogP contribution in [0.5, 0.6) is 0 Å². The summed E-state index contributed by atoms with van der Waals surface area (Å²) in [6.07, 6.45) is 1.39.